The molecular weight excluding hydrogens is 472 g/mol. The van der Waals surface area contributed by atoms with Crippen molar-refractivity contribution in [2.45, 2.75) is 37.0 Å². The smallest absolute Gasteiger partial charge is 0.267 e. The summed E-state index contributed by atoms with van der Waals surface area (Å²) >= 11 is 0. The Balaban J connectivity index is 2.02. The van der Waals surface area contributed by atoms with Crippen LogP contribution in [0.25, 0.3) is 0 Å². The highest BCUT2D eigenvalue weighted by Gasteiger charge is 2.26. The van der Waals surface area contributed by atoms with E-state index < -0.39 is 51.8 Å². The monoisotopic (exact) mass is 500 g/mol. The maximum atomic E-state index is 12.5. The van der Waals surface area contributed by atoms with Crippen molar-refractivity contribution in [1.29, 1.82) is 0 Å². The molecule has 0 heterocycles. The number of Topliss-reactive ketones (excluding diaryl/α,β-unsaturated/α-hetero) is 1. The Hall–Kier alpha value is -3.06. The number of ether oxygens (including phenoxy) is 2. The number of aromatic hydroxyl groups is 3. The molecule has 0 aromatic heterocycles. The summed E-state index contributed by atoms with van der Waals surface area (Å²) in [4.78, 5) is 12.5. The molecule has 0 aliphatic carbocycles. The second-order valence-electron chi connectivity index (χ2n) is 7.61. The van der Waals surface area contributed by atoms with Crippen LogP contribution in [0.4, 0.5) is 0 Å². The molecule has 0 unspecified atom stereocenters. The minimum atomic E-state index is -4.51. The topological polar surface area (TPSA) is 191 Å². The zero-order valence-corrected chi connectivity index (χ0v) is 19.2. The van der Waals surface area contributed by atoms with Gasteiger partial charge in [0.1, 0.15) is 22.8 Å². The second kappa shape index (κ2) is 11.9. The minimum Gasteiger partial charge on any atom is -0.507 e. The van der Waals surface area contributed by atoms with Crippen molar-refractivity contribution in [3.63, 3.8) is 0 Å². The lowest BCUT2D eigenvalue weighted by Gasteiger charge is -2.17. The summed E-state index contributed by atoms with van der Waals surface area (Å²) in [5.41, 5.74) is 0.331. The molecule has 0 aliphatic heterocycles. The number of benzene rings is 2. The molecule has 11 nitrogen and oxygen atoms in total. The zero-order valence-electron chi connectivity index (χ0n) is 18.4. The number of phenols is 3. The number of aliphatic hydroxyl groups is 2. The number of carbonyl (C=O) groups is 1. The second-order valence-corrected chi connectivity index (χ2v) is 9.31. The molecule has 0 spiro atoms. The molecule has 34 heavy (non-hydrogen) atoms. The first-order valence-electron chi connectivity index (χ1n) is 10.3. The molecular formula is C22H28O11S. The van der Waals surface area contributed by atoms with Gasteiger partial charge in [0.05, 0.1) is 31.7 Å². The van der Waals surface area contributed by atoms with Crippen LogP contribution >= 0.6 is 0 Å². The molecule has 12 heteroatoms. The molecule has 188 valence electrons. The fourth-order valence-electron chi connectivity index (χ4n) is 3.30. The summed E-state index contributed by atoms with van der Waals surface area (Å²) in [6.07, 6.45) is -1.84. The van der Waals surface area contributed by atoms with E-state index >= 15 is 0 Å². The molecule has 0 amide bonds. The van der Waals surface area contributed by atoms with E-state index in [1.54, 1.807) is 12.1 Å². The van der Waals surface area contributed by atoms with Crippen LogP contribution in [0.5, 0.6) is 28.7 Å². The molecule has 2 atom stereocenters. The Bertz CT molecular complexity index is 1080. The van der Waals surface area contributed by atoms with Crippen molar-refractivity contribution >= 4 is 15.9 Å². The Morgan fingerprint density at radius 2 is 1.71 bits per heavy atom. The van der Waals surface area contributed by atoms with Gasteiger partial charge in [0.25, 0.3) is 10.1 Å². The van der Waals surface area contributed by atoms with Gasteiger partial charge in [-0.15, -0.1) is 0 Å². The average molecular weight is 501 g/mol. The van der Waals surface area contributed by atoms with E-state index in [2.05, 4.69) is 0 Å². The van der Waals surface area contributed by atoms with Gasteiger partial charge in [0.15, 0.2) is 17.3 Å². The van der Waals surface area contributed by atoms with E-state index in [0.717, 1.165) is 12.1 Å². The van der Waals surface area contributed by atoms with E-state index in [-0.39, 0.29) is 48.7 Å². The predicted octanol–water partition coefficient (Wildman–Crippen LogP) is 1.40. The number of rotatable bonds is 13. The normalized spacial score (nSPS) is 13.3. The molecule has 2 rings (SSSR count). The number of ketones is 1. The van der Waals surface area contributed by atoms with Gasteiger partial charge in [-0.3, -0.25) is 9.35 Å². The molecule has 0 saturated heterocycles. The highest BCUT2D eigenvalue weighted by Crippen LogP contribution is 2.34. The third kappa shape index (κ3) is 7.48. The Kier molecular flexibility index (Phi) is 9.50. The summed E-state index contributed by atoms with van der Waals surface area (Å²) in [7, 11) is -3.10. The van der Waals surface area contributed by atoms with Crippen LogP contribution in [0.15, 0.2) is 30.3 Å². The van der Waals surface area contributed by atoms with Gasteiger partial charge in [-0.1, -0.05) is 6.07 Å². The summed E-state index contributed by atoms with van der Waals surface area (Å²) in [6.45, 7) is -0.945. The maximum Gasteiger partial charge on any atom is 0.267 e. The molecule has 0 fully saturated rings. The van der Waals surface area contributed by atoms with Crippen molar-refractivity contribution in [2.75, 3.05) is 20.3 Å². The van der Waals surface area contributed by atoms with E-state index in [1.165, 1.54) is 13.2 Å². The number of methoxy groups -OCH3 is 1. The number of hydrogen-bond acceptors (Lipinski definition) is 10. The molecule has 6 N–H and O–H groups in total. The van der Waals surface area contributed by atoms with Gasteiger partial charge < -0.3 is 35.0 Å². The first-order chi connectivity index (χ1) is 16.0. The molecule has 2 aromatic carbocycles. The van der Waals surface area contributed by atoms with Gasteiger partial charge in [0, 0.05) is 25.0 Å². The summed E-state index contributed by atoms with van der Waals surface area (Å²) in [5.74, 6) is -1.49. The average Bonchev–Trinajstić information content (AvgIpc) is 2.75. The number of aryl methyl sites for hydroxylation is 1. The van der Waals surface area contributed by atoms with Crippen molar-refractivity contribution < 1.29 is 52.8 Å². The highest BCUT2D eigenvalue weighted by molar-refractivity contribution is 7.86. The van der Waals surface area contributed by atoms with Crippen LogP contribution in [0.3, 0.4) is 0 Å². The molecule has 0 aliphatic rings. The molecule has 0 radical (unpaired) electrons. The summed E-state index contributed by atoms with van der Waals surface area (Å²) in [5, 5.41) is 47.2. The van der Waals surface area contributed by atoms with Crippen molar-refractivity contribution in [3.05, 3.63) is 41.5 Å². The minimum absolute atomic E-state index is 0.0524. The number of phenolic OH excluding ortho intramolecular Hbond substituents is 3. The van der Waals surface area contributed by atoms with Gasteiger partial charge in [-0.05, 0) is 30.5 Å². The molecule has 0 bridgehead atoms. The Morgan fingerprint density at radius 1 is 1.06 bits per heavy atom. The predicted molar refractivity (Wildman–Crippen MR) is 120 cm³/mol. The Labute approximate surface area is 196 Å². The van der Waals surface area contributed by atoms with Crippen LogP contribution in [0.1, 0.15) is 35.2 Å². The number of aliphatic hydroxyl groups excluding tert-OH is 2. The van der Waals surface area contributed by atoms with Crippen LogP contribution in [0.2, 0.25) is 0 Å². The van der Waals surface area contributed by atoms with E-state index in [0.29, 0.717) is 5.56 Å². The van der Waals surface area contributed by atoms with Gasteiger partial charge in [-0.2, -0.15) is 8.42 Å². The molecule has 0 saturated carbocycles. The highest BCUT2D eigenvalue weighted by atomic mass is 32.2. The van der Waals surface area contributed by atoms with Gasteiger partial charge in [0.2, 0.25) is 0 Å². The van der Waals surface area contributed by atoms with Gasteiger partial charge in [-0.25, -0.2) is 0 Å². The van der Waals surface area contributed by atoms with Crippen molar-refractivity contribution in [2.24, 2.45) is 0 Å². The largest absolute Gasteiger partial charge is 0.507 e. The quantitative estimate of drug-likeness (QED) is 0.172. The Morgan fingerprint density at radius 3 is 2.24 bits per heavy atom. The summed E-state index contributed by atoms with van der Waals surface area (Å²) < 4.78 is 42.4. The van der Waals surface area contributed by atoms with Crippen LogP contribution in [-0.4, -0.2) is 76.0 Å². The lowest BCUT2D eigenvalue weighted by atomic mass is 10.0. The van der Waals surface area contributed by atoms with E-state index in [9.17, 15) is 38.2 Å². The standard InChI is InChI=1S/C22H28O11S/c1-32-21-5-3-13(8-18(21)26)2-4-17(25)22-19(27)10-15(11-20(22)28)33-7-6-16(34(29,30)31)9-14(24)12-23/h3,5,8,10-11,14,16,23-24,26-28H,2,4,6-7,9,12H2,1H3,(H,29,30,31)/t14-,16+/m0/s1. The van der Waals surface area contributed by atoms with Crippen molar-refractivity contribution in [1.82, 2.24) is 0 Å². The zero-order chi connectivity index (χ0) is 25.5. The van der Waals surface area contributed by atoms with E-state index in [4.69, 9.17) is 14.6 Å². The summed E-state index contributed by atoms with van der Waals surface area (Å²) in [6, 6.07) is 6.83. The van der Waals surface area contributed by atoms with Crippen LogP contribution < -0.4 is 9.47 Å². The third-order valence-corrected chi connectivity index (χ3v) is 6.38. The SMILES string of the molecule is COc1ccc(CCC(=O)c2c(O)cc(OCC[C@H](C[C@H](O)CO)S(=O)(=O)O)cc2O)cc1O. The van der Waals surface area contributed by atoms with Crippen molar-refractivity contribution in [3.8, 4) is 28.7 Å². The number of hydrogen-bond donors (Lipinski definition) is 6. The fraction of sp³-hybridized carbons (Fsp3) is 0.409. The van der Waals surface area contributed by atoms with E-state index in [1.807, 2.05) is 0 Å². The first kappa shape index (κ1) is 27.2. The first-order valence-corrected chi connectivity index (χ1v) is 11.8. The van der Waals surface area contributed by atoms with Crippen LogP contribution in [0, 0.1) is 0 Å². The number of carbonyl (C=O) groups excluding carboxylic acids is 1. The lowest BCUT2D eigenvalue weighted by molar-refractivity contribution is 0.0851. The molecule has 2 aromatic rings. The lowest BCUT2D eigenvalue weighted by Crippen LogP contribution is -2.29. The third-order valence-electron chi connectivity index (χ3n) is 5.11. The maximum absolute atomic E-state index is 12.5. The van der Waals surface area contributed by atoms with Crippen LogP contribution in [-0.2, 0) is 16.5 Å². The van der Waals surface area contributed by atoms with Gasteiger partial charge >= 0.3 is 0 Å². The fourth-order valence-corrected chi connectivity index (χ4v) is 4.16.